The van der Waals surface area contributed by atoms with Crippen LogP contribution in [0.2, 0.25) is 5.02 Å². The third kappa shape index (κ3) is 5.53. The standard InChI is InChI=1S/C27H33ClN2O2/c1-2-19-8-12-24(13-9-19)30-15-14-22(27(30)32)17-21-10-11-23(18-25(21)28)29-26(31)16-20-6-4-3-5-7-20/h3-7,10-11,18-19,22,24H,2,8-9,12-17H2,1H3,(H,29,31). The van der Waals surface area contributed by atoms with Crippen LogP contribution in [0.4, 0.5) is 5.69 Å². The van der Waals surface area contributed by atoms with Gasteiger partial charge in [-0.2, -0.15) is 0 Å². The summed E-state index contributed by atoms with van der Waals surface area (Å²) >= 11 is 6.54. The summed E-state index contributed by atoms with van der Waals surface area (Å²) in [5.74, 6) is 1.07. The molecule has 1 aliphatic heterocycles. The normalized spacial score (nSPS) is 23.4. The van der Waals surface area contributed by atoms with Crippen LogP contribution in [0.5, 0.6) is 0 Å². The number of amides is 2. The molecule has 1 saturated carbocycles. The molecule has 170 valence electrons. The van der Waals surface area contributed by atoms with Crippen molar-refractivity contribution >= 4 is 29.1 Å². The van der Waals surface area contributed by atoms with Crippen LogP contribution in [0.15, 0.2) is 48.5 Å². The molecule has 1 N–H and O–H groups in total. The lowest BCUT2D eigenvalue weighted by Gasteiger charge is -2.34. The summed E-state index contributed by atoms with van der Waals surface area (Å²) in [7, 11) is 0. The van der Waals surface area contributed by atoms with Crippen LogP contribution in [-0.4, -0.2) is 29.3 Å². The third-order valence-corrected chi connectivity index (χ3v) is 7.55. The third-order valence-electron chi connectivity index (χ3n) is 7.20. The number of halogens is 1. The molecule has 0 spiro atoms. The lowest BCUT2D eigenvalue weighted by atomic mass is 9.84. The maximum Gasteiger partial charge on any atom is 0.228 e. The number of benzene rings is 2. The molecule has 0 radical (unpaired) electrons. The predicted octanol–water partition coefficient (Wildman–Crippen LogP) is 5.88. The molecule has 1 atom stereocenters. The van der Waals surface area contributed by atoms with Gasteiger partial charge in [0.2, 0.25) is 11.8 Å². The fourth-order valence-corrected chi connectivity index (χ4v) is 5.48. The van der Waals surface area contributed by atoms with E-state index in [0.717, 1.165) is 42.9 Å². The van der Waals surface area contributed by atoms with E-state index in [9.17, 15) is 9.59 Å². The van der Waals surface area contributed by atoms with E-state index in [0.29, 0.717) is 35.5 Å². The smallest absolute Gasteiger partial charge is 0.228 e. The second-order valence-electron chi connectivity index (χ2n) is 9.32. The molecular weight excluding hydrogens is 420 g/mol. The van der Waals surface area contributed by atoms with E-state index in [1.54, 1.807) is 6.07 Å². The van der Waals surface area contributed by atoms with Crippen LogP contribution in [0, 0.1) is 11.8 Å². The zero-order chi connectivity index (χ0) is 22.5. The molecule has 1 heterocycles. The van der Waals surface area contributed by atoms with Gasteiger partial charge in [0.05, 0.1) is 6.42 Å². The molecule has 2 aromatic rings. The number of hydrogen-bond donors (Lipinski definition) is 1. The quantitative estimate of drug-likeness (QED) is 0.570. The van der Waals surface area contributed by atoms with Gasteiger partial charge in [0, 0.05) is 29.2 Å². The van der Waals surface area contributed by atoms with Crippen molar-refractivity contribution in [2.45, 2.75) is 64.3 Å². The summed E-state index contributed by atoms with van der Waals surface area (Å²) in [6.45, 7) is 3.14. The van der Waals surface area contributed by atoms with Crippen LogP contribution < -0.4 is 5.32 Å². The summed E-state index contributed by atoms with van der Waals surface area (Å²) in [6, 6.07) is 15.7. The van der Waals surface area contributed by atoms with Crippen LogP contribution in [0.25, 0.3) is 0 Å². The molecular formula is C27H33ClN2O2. The van der Waals surface area contributed by atoms with Gasteiger partial charge in [-0.15, -0.1) is 0 Å². The van der Waals surface area contributed by atoms with Crippen molar-refractivity contribution in [3.05, 3.63) is 64.7 Å². The van der Waals surface area contributed by atoms with Gasteiger partial charge in [-0.25, -0.2) is 0 Å². The summed E-state index contributed by atoms with van der Waals surface area (Å²) in [5, 5.41) is 3.53. The van der Waals surface area contributed by atoms with Crippen molar-refractivity contribution in [1.82, 2.24) is 4.90 Å². The number of carbonyl (C=O) groups excluding carboxylic acids is 2. The van der Waals surface area contributed by atoms with Crippen molar-refractivity contribution in [2.75, 3.05) is 11.9 Å². The van der Waals surface area contributed by atoms with E-state index in [2.05, 4.69) is 17.1 Å². The molecule has 32 heavy (non-hydrogen) atoms. The molecule has 1 aliphatic carbocycles. The van der Waals surface area contributed by atoms with Gasteiger partial charge in [0.25, 0.3) is 0 Å². The topological polar surface area (TPSA) is 49.4 Å². The van der Waals surface area contributed by atoms with Crippen molar-refractivity contribution in [2.24, 2.45) is 11.8 Å². The monoisotopic (exact) mass is 452 g/mol. The number of rotatable bonds is 7. The Kier molecular flexibility index (Phi) is 7.51. The first kappa shape index (κ1) is 22.8. The zero-order valence-corrected chi connectivity index (χ0v) is 19.6. The number of nitrogens with zero attached hydrogens (tertiary/aromatic N) is 1. The number of hydrogen-bond acceptors (Lipinski definition) is 2. The molecule has 1 saturated heterocycles. The minimum atomic E-state index is -0.0700. The molecule has 2 fully saturated rings. The minimum absolute atomic E-state index is 0.00919. The summed E-state index contributed by atoms with van der Waals surface area (Å²) in [5.41, 5.74) is 2.63. The van der Waals surface area contributed by atoms with Crippen LogP contribution in [-0.2, 0) is 22.4 Å². The number of carbonyl (C=O) groups is 2. The Labute approximate surface area is 196 Å². The molecule has 2 aromatic carbocycles. The summed E-state index contributed by atoms with van der Waals surface area (Å²) in [6.07, 6.45) is 7.94. The van der Waals surface area contributed by atoms with Gasteiger partial charge in [0.15, 0.2) is 0 Å². The number of nitrogens with one attached hydrogen (secondary N) is 1. The Balaban J connectivity index is 1.32. The summed E-state index contributed by atoms with van der Waals surface area (Å²) < 4.78 is 0. The average molecular weight is 453 g/mol. The van der Waals surface area contributed by atoms with E-state index in [4.69, 9.17) is 11.6 Å². The highest BCUT2D eigenvalue weighted by molar-refractivity contribution is 6.31. The number of anilines is 1. The fraction of sp³-hybridized carbons (Fsp3) is 0.481. The molecule has 0 aromatic heterocycles. The van der Waals surface area contributed by atoms with E-state index >= 15 is 0 Å². The maximum absolute atomic E-state index is 13.1. The van der Waals surface area contributed by atoms with Gasteiger partial charge < -0.3 is 10.2 Å². The predicted molar refractivity (Wildman–Crippen MR) is 130 cm³/mol. The Morgan fingerprint density at radius 2 is 1.81 bits per heavy atom. The molecule has 1 unspecified atom stereocenters. The molecule has 0 bridgehead atoms. The highest BCUT2D eigenvalue weighted by Gasteiger charge is 2.37. The SMILES string of the molecule is CCC1CCC(N2CCC(Cc3ccc(NC(=O)Cc4ccccc4)cc3Cl)C2=O)CC1. The van der Waals surface area contributed by atoms with E-state index in [-0.39, 0.29) is 11.8 Å². The lowest BCUT2D eigenvalue weighted by Crippen LogP contribution is -2.40. The first-order chi connectivity index (χ1) is 15.5. The Morgan fingerprint density at radius 3 is 2.50 bits per heavy atom. The maximum atomic E-state index is 13.1. The summed E-state index contributed by atoms with van der Waals surface area (Å²) in [4.78, 5) is 27.5. The number of likely N-dealkylation sites (tertiary alicyclic amines) is 1. The molecule has 4 nitrogen and oxygen atoms in total. The van der Waals surface area contributed by atoms with Crippen molar-refractivity contribution in [3.63, 3.8) is 0 Å². The first-order valence-corrected chi connectivity index (χ1v) is 12.3. The van der Waals surface area contributed by atoms with Gasteiger partial charge in [-0.1, -0.05) is 61.3 Å². The van der Waals surface area contributed by atoms with Crippen molar-refractivity contribution in [3.8, 4) is 0 Å². The zero-order valence-electron chi connectivity index (χ0n) is 18.9. The molecule has 4 rings (SSSR count). The van der Waals surface area contributed by atoms with Crippen LogP contribution >= 0.6 is 11.6 Å². The lowest BCUT2D eigenvalue weighted by molar-refractivity contribution is -0.133. The largest absolute Gasteiger partial charge is 0.339 e. The van der Waals surface area contributed by atoms with Crippen LogP contribution in [0.1, 0.15) is 56.6 Å². The fourth-order valence-electron chi connectivity index (χ4n) is 5.22. The average Bonchev–Trinajstić information content (AvgIpc) is 3.16. The first-order valence-electron chi connectivity index (χ1n) is 12.0. The highest BCUT2D eigenvalue weighted by Crippen LogP contribution is 2.34. The van der Waals surface area contributed by atoms with Crippen molar-refractivity contribution < 1.29 is 9.59 Å². The Hall–Kier alpha value is -2.33. The van der Waals surface area contributed by atoms with Gasteiger partial charge in [-0.3, -0.25) is 9.59 Å². The van der Waals surface area contributed by atoms with E-state index < -0.39 is 0 Å². The van der Waals surface area contributed by atoms with Gasteiger partial charge in [-0.05, 0) is 67.7 Å². The highest BCUT2D eigenvalue weighted by atomic mass is 35.5. The van der Waals surface area contributed by atoms with Crippen LogP contribution in [0.3, 0.4) is 0 Å². The second-order valence-corrected chi connectivity index (χ2v) is 9.73. The van der Waals surface area contributed by atoms with E-state index in [1.807, 2.05) is 42.5 Å². The second kappa shape index (κ2) is 10.5. The van der Waals surface area contributed by atoms with Gasteiger partial charge in [0.1, 0.15) is 0 Å². The van der Waals surface area contributed by atoms with Crippen molar-refractivity contribution in [1.29, 1.82) is 0 Å². The minimum Gasteiger partial charge on any atom is -0.339 e. The van der Waals surface area contributed by atoms with E-state index in [1.165, 1.54) is 19.3 Å². The molecule has 2 aliphatic rings. The molecule has 2 amide bonds. The Morgan fingerprint density at radius 1 is 1.06 bits per heavy atom. The molecule has 5 heteroatoms. The van der Waals surface area contributed by atoms with Gasteiger partial charge >= 0.3 is 0 Å². The Bertz CT molecular complexity index is 938.